The Morgan fingerprint density at radius 3 is 2.19 bits per heavy atom. The van der Waals surface area contributed by atoms with Crippen LogP contribution in [0.2, 0.25) is 0 Å². The van der Waals surface area contributed by atoms with E-state index in [-0.39, 0.29) is 5.91 Å². The normalized spacial score (nSPS) is 41.6. The van der Waals surface area contributed by atoms with E-state index in [2.05, 4.69) is 11.5 Å². The summed E-state index contributed by atoms with van der Waals surface area (Å²) >= 11 is 0. The number of rotatable bonds is 1. The number of likely N-dealkylation sites (tertiary alicyclic amines) is 1. The average Bonchev–Trinajstić information content (AvgIpc) is 2.29. The second-order valence-electron chi connectivity index (χ2n) is 5.71. The van der Waals surface area contributed by atoms with Gasteiger partial charge in [-0.25, -0.2) is 0 Å². The minimum Gasteiger partial charge on any atom is -0.332 e. The van der Waals surface area contributed by atoms with Crippen molar-refractivity contribution in [1.82, 2.24) is 4.90 Å². The first-order valence-corrected chi connectivity index (χ1v) is 6.74. The minimum atomic E-state index is 0.175. The van der Waals surface area contributed by atoms with Gasteiger partial charge in [0.25, 0.3) is 0 Å². The molecule has 0 radical (unpaired) electrons. The SMILES string of the molecule is C=CC(=O)N1C2CCCCC23CCCCC13. The van der Waals surface area contributed by atoms with E-state index in [0.717, 1.165) is 0 Å². The van der Waals surface area contributed by atoms with Gasteiger partial charge in [-0.3, -0.25) is 4.79 Å². The average molecular weight is 219 g/mol. The van der Waals surface area contributed by atoms with Crippen LogP contribution in [0.15, 0.2) is 12.7 Å². The lowest BCUT2D eigenvalue weighted by Crippen LogP contribution is -2.74. The monoisotopic (exact) mass is 219 g/mol. The topological polar surface area (TPSA) is 20.3 Å². The molecule has 0 N–H and O–H groups in total. The van der Waals surface area contributed by atoms with E-state index >= 15 is 0 Å². The van der Waals surface area contributed by atoms with Gasteiger partial charge in [-0.1, -0.05) is 32.3 Å². The Balaban J connectivity index is 1.88. The van der Waals surface area contributed by atoms with Gasteiger partial charge in [0.05, 0.1) is 0 Å². The highest BCUT2D eigenvalue weighted by molar-refractivity contribution is 5.88. The molecule has 0 bridgehead atoms. The van der Waals surface area contributed by atoms with Gasteiger partial charge in [-0.15, -0.1) is 0 Å². The van der Waals surface area contributed by atoms with E-state index in [9.17, 15) is 4.79 Å². The molecule has 2 unspecified atom stereocenters. The number of carbonyl (C=O) groups is 1. The van der Waals surface area contributed by atoms with Crippen LogP contribution in [0, 0.1) is 5.41 Å². The van der Waals surface area contributed by atoms with Gasteiger partial charge in [0.2, 0.25) is 5.91 Å². The molecule has 0 aromatic carbocycles. The van der Waals surface area contributed by atoms with E-state index in [0.29, 0.717) is 17.5 Å². The Morgan fingerprint density at radius 1 is 1.12 bits per heavy atom. The van der Waals surface area contributed by atoms with Crippen LogP contribution in [-0.4, -0.2) is 22.9 Å². The van der Waals surface area contributed by atoms with Crippen LogP contribution in [0.1, 0.15) is 51.4 Å². The van der Waals surface area contributed by atoms with Gasteiger partial charge in [-0.05, 0) is 31.8 Å². The van der Waals surface area contributed by atoms with E-state index in [1.165, 1.54) is 57.4 Å². The van der Waals surface area contributed by atoms with Crippen molar-refractivity contribution in [3.05, 3.63) is 12.7 Å². The maximum atomic E-state index is 11.9. The van der Waals surface area contributed by atoms with Crippen molar-refractivity contribution in [1.29, 1.82) is 0 Å². The predicted molar refractivity (Wildman–Crippen MR) is 64.0 cm³/mol. The molecule has 3 fully saturated rings. The molecule has 1 aliphatic heterocycles. The number of amides is 1. The fraction of sp³-hybridized carbons (Fsp3) is 0.786. The number of hydrogen-bond donors (Lipinski definition) is 0. The lowest BCUT2D eigenvalue weighted by Gasteiger charge is -2.67. The Morgan fingerprint density at radius 2 is 1.69 bits per heavy atom. The molecule has 0 aromatic rings. The van der Waals surface area contributed by atoms with Crippen LogP contribution in [-0.2, 0) is 4.79 Å². The van der Waals surface area contributed by atoms with Crippen LogP contribution in [0.3, 0.4) is 0 Å². The molecule has 3 rings (SSSR count). The van der Waals surface area contributed by atoms with Gasteiger partial charge in [-0.2, -0.15) is 0 Å². The second kappa shape index (κ2) is 3.61. The van der Waals surface area contributed by atoms with Gasteiger partial charge < -0.3 is 4.90 Å². The molecule has 2 aliphatic carbocycles. The van der Waals surface area contributed by atoms with Crippen molar-refractivity contribution in [3.63, 3.8) is 0 Å². The maximum absolute atomic E-state index is 11.9. The summed E-state index contributed by atoms with van der Waals surface area (Å²) in [5.41, 5.74) is 0.523. The lowest BCUT2D eigenvalue weighted by molar-refractivity contribution is -0.190. The molecular weight excluding hydrogens is 198 g/mol. The molecule has 3 aliphatic rings. The highest BCUT2D eigenvalue weighted by Crippen LogP contribution is 2.59. The van der Waals surface area contributed by atoms with Crippen LogP contribution in [0.5, 0.6) is 0 Å². The molecule has 1 spiro atoms. The molecule has 1 saturated heterocycles. The fourth-order valence-electron chi connectivity index (χ4n) is 4.55. The maximum Gasteiger partial charge on any atom is 0.246 e. The molecule has 2 heteroatoms. The van der Waals surface area contributed by atoms with Gasteiger partial charge >= 0.3 is 0 Å². The molecule has 0 aromatic heterocycles. The van der Waals surface area contributed by atoms with Gasteiger partial charge in [0.15, 0.2) is 0 Å². The molecule has 88 valence electrons. The lowest BCUT2D eigenvalue weighted by atomic mass is 9.52. The van der Waals surface area contributed by atoms with Crippen LogP contribution in [0.4, 0.5) is 0 Å². The Bertz CT molecular complexity index is 301. The Kier molecular flexibility index (Phi) is 2.34. The first-order valence-electron chi connectivity index (χ1n) is 6.74. The highest BCUT2D eigenvalue weighted by atomic mass is 16.2. The largest absolute Gasteiger partial charge is 0.332 e. The molecule has 16 heavy (non-hydrogen) atoms. The third-order valence-electron chi connectivity index (χ3n) is 5.17. The quantitative estimate of drug-likeness (QED) is 0.621. The molecule has 2 atom stereocenters. The summed E-state index contributed by atoms with van der Waals surface area (Å²) in [4.78, 5) is 14.1. The fourth-order valence-corrected chi connectivity index (χ4v) is 4.55. The summed E-state index contributed by atoms with van der Waals surface area (Å²) in [5.74, 6) is 0.175. The zero-order valence-corrected chi connectivity index (χ0v) is 9.95. The number of carbonyl (C=O) groups excluding carboxylic acids is 1. The summed E-state index contributed by atoms with van der Waals surface area (Å²) in [6, 6.07) is 1.11. The van der Waals surface area contributed by atoms with Crippen molar-refractivity contribution in [2.24, 2.45) is 5.41 Å². The summed E-state index contributed by atoms with van der Waals surface area (Å²) < 4.78 is 0. The van der Waals surface area contributed by atoms with Crippen LogP contribution >= 0.6 is 0 Å². The van der Waals surface area contributed by atoms with E-state index in [1.54, 1.807) is 0 Å². The van der Waals surface area contributed by atoms with Crippen molar-refractivity contribution in [2.75, 3.05) is 0 Å². The first-order chi connectivity index (χ1) is 7.79. The van der Waals surface area contributed by atoms with Gasteiger partial charge in [0.1, 0.15) is 0 Å². The first kappa shape index (κ1) is 10.4. The van der Waals surface area contributed by atoms with Gasteiger partial charge in [0, 0.05) is 17.5 Å². The van der Waals surface area contributed by atoms with Crippen molar-refractivity contribution in [3.8, 4) is 0 Å². The minimum absolute atomic E-state index is 0.175. The van der Waals surface area contributed by atoms with Crippen LogP contribution < -0.4 is 0 Å². The molecule has 2 saturated carbocycles. The standard InChI is InChI=1S/C14H21NO/c1-2-13(16)15-11-7-3-5-9-14(11)10-6-4-8-12(14)15/h2,11-12H,1,3-10H2. The molecule has 1 amide bonds. The Labute approximate surface area is 97.7 Å². The third-order valence-corrected chi connectivity index (χ3v) is 5.17. The summed E-state index contributed by atoms with van der Waals surface area (Å²) in [6.45, 7) is 3.65. The predicted octanol–water partition coefficient (Wildman–Crippen LogP) is 2.89. The van der Waals surface area contributed by atoms with E-state index in [1.807, 2.05) is 0 Å². The van der Waals surface area contributed by atoms with Crippen molar-refractivity contribution < 1.29 is 4.79 Å². The zero-order chi connectivity index (χ0) is 11.2. The number of nitrogens with zero attached hydrogens (tertiary/aromatic N) is 1. The zero-order valence-electron chi connectivity index (χ0n) is 9.95. The van der Waals surface area contributed by atoms with Crippen molar-refractivity contribution >= 4 is 5.91 Å². The highest BCUT2D eigenvalue weighted by Gasteiger charge is 2.61. The van der Waals surface area contributed by atoms with E-state index < -0.39 is 0 Å². The molecule has 1 heterocycles. The molecular formula is C14H21NO. The smallest absolute Gasteiger partial charge is 0.246 e. The van der Waals surface area contributed by atoms with Crippen LogP contribution in [0.25, 0.3) is 0 Å². The molecule has 2 nitrogen and oxygen atoms in total. The van der Waals surface area contributed by atoms with Crippen molar-refractivity contribution in [2.45, 2.75) is 63.5 Å². The van der Waals surface area contributed by atoms with E-state index in [4.69, 9.17) is 0 Å². The Hall–Kier alpha value is -0.790. The summed E-state index contributed by atoms with van der Waals surface area (Å²) in [6.07, 6.45) is 12.1. The number of hydrogen-bond acceptors (Lipinski definition) is 1. The third kappa shape index (κ3) is 1.16. The summed E-state index contributed by atoms with van der Waals surface area (Å²) in [7, 11) is 0. The summed E-state index contributed by atoms with van der Waals surface area (Å²) in [5, 5.41) is 0. The second-order valence-corrected chi connectivity index (χ2v) is 5.71.